The first-order valence-corrected chi connectivity index (χ1v) is 13.5. The van der Waals surface area contributed by atoms with Gasteiger partial charge in [-0.2, -0.15) is 5.26 Å². The fourth-order valence-electron chi connectivity index (χ4n) is 4.67. The van der Waals surface area contributed by atoms with E-state index in [-0.39, 0.29) is 25.6 Å². The van der Waals surface area contributed by atoms with Crippen LogP contribution in [-0.2, 0) is 22.5 Å². The van der Waals surface area contributed by atoms with Crippen molar-refractivity contribution in [3.8, 4) is 17.6 Å². The van der Waals surface area contributed by atoms with E-state index in [2.05, 4.69) is 22.4 Å². The van der Waals surface area contributed by atoms with Crippen molar-refractivity contribution in [2.24, 2.45) is 0 Å². The number of amides is 3. The number of fused-ring (bicyclic) bond motifs is 1. The highest BCUT2D eigenvalue weighted by Gasteiger charge is 2.23. The first kappa shape index (κ1) is 30.0. The molecule has 0 fully saturated rings. The molecule has 0 aliphatic carbocycles. The Balaban J connectivity index is 1.55. The van der Waals surface area contributed by atoms with Crippen molar-refractivity contribution in [3.63, 3.8) is 0 Å². The predicted molar refractivity (Wildman–Crippen MR) is 161 cm³/mol. The highest BCUT2D eigenvalue weighted by atomic mass is 16.5. The van der Waals surface area contributed by atoms with Crippen molar-refractivity contribution in [2.45, 2.75) is 13.0 Å². The van der Waals surface area contributed by atoms with E-state index in [1.807, 2.05) is 42.6 Å². The summed E-state index contributed by atoms with van der Waals surface area (Å²) in [7, 11) is 4.68. The summed E-state index contributed by atoms with van der Waals surface area (Å²) in [5, 5.41) is 13.1. The summed E-state index contributed by atoms with van der Waals surface area (Å²) in [5.41, 5.74) is 3.89. The van der Waals surface area contributed by atoms with Gasteiger partial charge in [0.1, 0.15) is 6.54 Å². The number of benzene rings is 3. The molecule has 0 spiro atoms. The SMILES string of the molecule is COCCN(CC(=O)N(CCc1c[nH]c2ccccc12)Cc1ccc(OC)c(OC)c1)C(=O)Nc1cccc(C#N)c1. The Morgan fingerprint density at radius 3 is 2.50 bits per heavy atom. The first-order valence-electron chi connectivity index (χ1n) is 13.5. The summed E-state index contributed by atoms with van der Waals surface area (Å²) in [6.45, 7) is 1.04. The number of methoxy groups -OCH3 is 3. The van der Waals surface area contributed by atoms with E-state index >= 15 is 0 Å². The number of carbonyl (C=O) groups is 2. The molecule has 4 aromatic rings. The third kappa shape index (κ3) is 7.59. The van der Waals surface area contributed by atoms with Crippen molar-refractivity contribution in [3.05, 3.63) is 89.6 Å². The quantitative estimate of drug-likeness (QED) is 0.239. The Hall–Kier alpha value is -5.01. The Bertz CT molecular complexity index is 1560. The standard InChI is InChI=1S/C32H35N5O5/c1-40-16-15-37(32(39)35-26-8-6-7-23(17-26)19-33)22-31(38)36(21-24-11-12-29(41-2)30(18-24)42-3)14-13-25-20-34-28-10-5-4-9-27(25)28/h4-12,17-18,20,34H,13-16,21-22H2,1-3H3,(H,35,39). The Kier molecular flexibility index (Phi) is 10.4. The van der Waals surface area contributed by atoms with Gasteiger partial charge in [0, 0.05) is 49.5 Å². The summed E-state index contributed by atoms with van der Waals surface area (Å²) < 4.78 is 16.1. The molecule has 10 heteroatoms. The number of H-pyrrole nitrogens is 1. The third-order valence-corrected chi connectivity index (χ3v) is 6.92. The van der Waals surface area contributed by atoms with E-state index in [1.165, 1.54) is 4.90 Å². The van der Waals surface area contributed by atoms with E-state index in [0.29, 0.717) is 42.3 Å². The fraction of sp³-hybridized carbons (Fsp3) is 0.281. The monoisotopic (exact) mass is 569 g/mol. The minimum atomic E-state index is -0.460. The molecule has 0 aliphatic rings. The lowest BCUT2D eigenvalue weighted by molar-refractivity contribution is -0.132. The van der Waals surface area contributed by atoms with Gasteiger partial charge in [0.2, 0.25) is 5.91 Å². The van der Waals surface area contributed by atoms with E-state index in [4.69, 9.17) is 14.2 Å². The number of nitrogens with zero attached hydrogens (tertiary/aromatic N) is 3. The second kappa shape index (κ2) is 14.6. The number of carbonyl (C=O) groups excluding carboxylic acids is 2. The zero-order valence-corrected chi connectivity index (χ0v) is 24.1. The molecule has 0 bridgehead atoms. The van der Waals surface area contributed by atoms with E-state index in [9.17, 15) is 14.9 Å². The van der Waals surface area contributed by atoms with Gasteiger partial charge in [0.15, 0.2) is 11.5 Å². The van der Waals surface area contributed by atoms with Crippen LogP contribution in [0.15, 0.2) is 72.9 Å². The molecule has 0 unspecified atom stereocenters. The molecular weight excluding hydrogens is 534 g/mol. The van der Waals surface area contributed by atoms with Gasteiger partial charge in [-0.25, -0.2) is 4.79 Å². The van der Waals surface area contributed by atoms with Crippen molar-refractivity contribution in [1.82, 2.24) is 14.8 Å². The average molecular weight is 570 g/mol. The average Bonchev–Trinajstić information content (AvgIpc) is 3.44. The van der Waals surface area contributed by atoms with Gasteiger partial charge in [0.05, 0.1) is 32.5 Å². The second-order valence-corrected chi connectivity index (χ2v) is 9.65. The Labute approximate surface area is 245 Å². The molecule has 42 heavy (non-hydrogen) atoms. The summed E-state index contributed by atoms with van der Waals surface area (Å²) in [5.74, 6) is 0.946. The predicted octanol–water partition coefficient (Wildman–Crippen LogP) is 4.81. The van der Waals surface area contributed by atoms with Crippen LogP contribution in [-0.4, -0.2) is 74.3 Å². The molecule has 0 saturated carbocycles. The number of ether oxygens (including phenoxy) is 3. The third-order valence-electron chi connectivity index (χ3n) is 6.92. The normalized spacial score (nSPS) is 10.6. The van der Waals surface area contributed by atoms with E-state index < -0.39 is 6.03 Å². The van der Waals surface area contributed by atoms with Crippen molar-refractivity contribution < 1.29 is 23.8 Å². The number of rotatable bonds is 13. The molecule has 4 rings (SSSR count). The summed E-state index contributed by atoms with van der Waals surface area (Å²) in [4.78, 5) is 33.5. The lowest BCUT2D eigenvalue weighted by Gasteiger charge is -2.28. The van der Waals surface area contributed by atoms with Crippen LogP contribution in [0.3, 0.4) is 0 Å². The van der Waals surface area contributed by atoms with Gasteiger partial charge in [0.25, 0.3) is 0 Å². The molecule has 2 N–H and O–H groups in total. The molecule has 3 aromatic carbocycles. The number of nitriles is 1. The highest BCUT2D eigenvalue weighted by Crippen LogP contribution is 2.28. The first-order chi connectivity index (χ1) is 20.4. The lowest BCUT2D eigenvalue weighted by atomic mass is 10.1. The summed E-state index contributed by atoms with van der Waals surface area (Å²) in [6, 6.07) is 21.8. The number of nitrogens with one attached hydrogen (secondary N) is 2. The number of anilines is 1. The molecule has 0 atom stereocenters. The van der Waals surface area contributed by atoms with Crippen LogP contribution in [0, 0.1) is 11.3 Å². The fourth-order valence-corrected chi connectivity index (χ4v) is 4.67. The molecule has 10 nitrogen and oxygen atoms in total. The Morgan fingerprint density at radius 2 is 1.74 bits per heavy atom. The minimum Gasteiger partial charge on any atom is -0.493 e. The molecule has 0 aliphatic heterocycles. The molecule has 1 aromatic heterocycles. The Morgan fingerprint density at radius 1 is 0.929 bits per heavy atom. The maximum atomic E-state index is 13.8. The molecule has 0 radical (unpaired) electrons. The van der Waals surface area contributed by atoms with Crippen molar-refractivity contribution in [1.29, 1.82) is 5.26 Å². The zero-order chi connectivity index (χ0) is 29.9. The van der Waals surface area contributed by atoms with Gasteiger partial charge in [-0.1, -0.05) is 30.3 Å². The van der Waals surface area contributed by atoms with Gasteiger partial charge in [-0.05, 0) is 53.9 Å². The van der Waals surface area contributed by atoms with Crippen LogP contribution in [0.5, 0.6) is 11.5 Å². The lowest BCUT2D eigenvalue weighted by Crippen LogP contribution is -2.46. The number of para-hydroxylation sites is 1. The largest absolute Gasteiger partial charge is 0.493 e. The number of aromatic amines is 1. The maximum absolute atomic E-state index is 13.8. The smallest absolute Gasteiger partial charge is 0.322 e. The second-order valence-electron chi connectivity index (χ2n) is 9.65. The number of urea groups is 1. The minimum absolute atomic E-state index is 0.158. The van der Waals surface area contributed by atoms with Crippen LogP contribution < -0.4 is 14.8 Å². The van der Waals surface area contributed by atoms with Crippen LogP contribution in [0.1, 0.15) is 16.7 Å². The zero-order valence-electron chi connectivity index (χ0n) is 24.1. The van der Waals surface area contributed by atoms with Crippen molar-refractivity contribution in [2.75, 3.05) is 52.9 Å². The molecule has 218 valence electrons. The van der Waals surface area contributed by atoms with Crippen LogP contribution >= 0.6 is 0 Å². The van der Waals surface area contributed by atoms with Gasteiger partial charge in [-0.3, -0.25) is 4.79 Å². The topological polar surface area (TPSA) is 120 Å². The molecule has 3 amide bonds. The number of hydrogen-bond acceptors (Lipinski definition) is 6. The molecule has 0 saturated heterocycles. The highest BCUT2D eigenvalue weighted by molar-refractivity contribution is 5.92. The summed E-state index contributed by atoms with van der Waals surface area (Å²) >= 11 is 0. The maximum Gasteiger partial charge on any atom is 0.322 e. The molecule has 1 heterocycles. The van der Waals surface area contributed by atoms with Gasteiger partial charge < -0.3 is 34.3 Å². The van der Waals surface area contributed by atoms with Crippen molar-refractivity contribution >= 4 is 28.5 Å². The molecular formula is C32H35N5O5. The van der Waals surface area contributed by atoms with Gasteiger partial charge in [-0.15, -0.1) is 0 Å². The van der Waals surface area contributed by atoms with Crippen LogP contribution in [0.25, 0.3) is 10.9 Å². The van der Waals surface area contributed by atoms with E-state index in [1.54, 1.807) is 50.5 Å². The number of hydrogen-bond donors (Lipinski definition) is 2. The van der Waals surface area contributed by atoms with Gasteiger partial charge >= 0.3 is 6.03 Å². The van der Waals surface area contributed by atoms with Crippen LogP contribution in [0.2, 0.25) is 0 Å². The number of aromatic nitrogens is 1. The van der Waals surface area contributed by atoms with E-state index in [0.717, 1.165) is 22.0 Å². The van der Waals surface area contributed by atoms with Crippen LogP contribution in [0.4, 0.5) is 10.5 Å². The summed E-state index contributed by atoms with van der Waals surface area (Å²) in [6.07, 6.45) is 2.59.